The third-order valence-electron chi connectivity index (χ3n) is 5.81. The largest absolute Gasteiger partial charge is 0.221 e. The van der Waals surface area contributed by atoms with Crippen LogP contribution in [-0.2, 0) is 5.54 Å². The molecule has 4 rings (SSSR count). The van der Waals surface area contributed by atoms with E-state index < -0.39 is 0 Å². The molecule has 1 aromatic heterocycles. The zero-order valence-electron chi connectivity index (χ0n) is 14.8. The van der Waals surface area contributed by atoms with Gasteiger partial charge >= 0.3 is 0 Å². The van der Waals surface area contributed by atoms with Gasteiger partial charge in [-0.15, -0.1) is 0 Å². The van der Waals surface area contributed by atoms with Crippen LogP contribution in [0, 0.1) is 6.92 Å². The van der Waals surface area contributed by atoms with E-state index in [4.69, 9.17) is 0 Å². The molecular formula is C23H24N+. The number of allylic oxidation sites excluding steroid dienone is 1. The van der Waals surface area contributed by atoms with Crippen LogP contribution >= 0.6 is 0 Å². The van der Waals surface area contributed by atoms with E-state index in [1.165, 1.54) is 38.7 Å². The Balaban J connectivity index is 2.21. The molecular weight excluding hydrogens is 290 g/mol. The van der Waals surface area contributed by atoms with Crippen LogP contribution in [0.5, 0.6) is 0 Å². The summed E-state index contributed by atoms with van der Waals surface area (Å²) in [7, 11) is 0. The summed E-state index contributed by atoms with van der Waals surface area (Å²) in [6.07, 6.45) is 4.36. The second-order valence-electron chi connectivity index (χ2n) is 6.89. The van der Waals surface area contributed by atoms with Crippen molar-refractivity contribution in [2.45, 2.75) is 39.2 Å². The van der Waals surface area contributed by atoms with E-state index in [1.807, 2.05) is 0 Å². The monoisotopic (exact) mass is 314 g/mol. The molecule has 1 aliphatic heterocycles. The topological polar surface area (TPSA) is 3.88 Å². The van der Waals surface area contributed by atoms with Crippen molar-refractivity contribution in [2.24, 2.45) is 0 Å². The van der Waals surface area contributed by atoms with Gasteiger partial charge in [-0.1, -0.05) is 56.3 Å². The van der Waals surface area contributed by atoms with Crippen LogP contribution in [0.1, 0.15) is 37.8 Å². The Morgan fingerprint density at radius 1 is 0.958 bits per heavy atom. The number of pyridine rings is 1. The van der Waals surface area contributed by atoms with Gasteiger partial charge in [0.2, 0.25) is 5.69 Å². The Hall–Kier alpha value is -2.41. The van der Waals surface area contributed by atoms with Gasteiger partial charge in [0.15, 0.2) is 11.7 Å². The Kier molecular flexibility index (Phi) is 3.35. The maximum atomic E-state index is 4.54. The van der Waals surface area contributed by atoms with Gasteiger partial charge in [-0.3, -0.25) is 0 Å². The summed E-state index contributed by atoms with van der Waals surface area (Å²) in [6, 6.07) is 17.7. The lowest BCUT2D eigenvalue weighted by Gasteiger charge is -2.35. The first-order valence-electron chi connectivity index (χ1n) is 8.87. The number of hydrogen-bond donors (Lipinski definition) is 0. The van der Waals surface area contributed by atoms with Crippen molar-refractivity contribution in [3.05, 3.63) is 72.4 Å². The predicted octanol–water partition coefficient (Wildman–Crippen LogP) is 5.64. The summed E-state index contributed by atoms with van der Waals surface area (Å²) < 4.78 is 2.49. The molecule has 0 spiro atoms. The van der Waals surface area contributed by atoms with Crippen molar-refractivity contribution in [1.29, 1.82) is 0 Å². The number of fused-ring (bicyclic) bond motifs is 5. The van der Waals surface area contributed by atoms with Crippen LogP contribution in [0.4, 0.5) is 0 Å². The summed E-state index contributed by atoms with van der Waals surface area (Å²) in [4.78, 5) is 0. The molecule has 0 fully saturated rings. The number of aryl methyl sites for hydroxylation is 1. The minimum atomic E-state index is -0.0401. The first-order chi connectivity index (χ1) is 11.6. The van der Waals surface area contributed by atoms with Gasteiger partial charge in [0.05, 0.1) is 10.9 Å². The highest BCUT2D eigenvalue weighted by Gasteiger charge is 2.47. The molecule has 0 unspecified atom stereocenters. The fourth-order valence-electron chi connectivity index (χ4n) is 4.38. The molecule has 0 atom stereocenters. The van der Waals surface area contributed by atoms with Crippen LogP contribution in [0.3, 0.4) is 0 Å². The van der Waals surface area contributed by atoms with Crippen molar-refractivity contribution in [3.63, 3.8) is 0 Å². The third-order valence-corrected chi connectivity index (χ3v) is 5.81. The van der Waals surface area contributed by atoms with Crippen molar-refractivity contribution in [3.8, 4) is 11.3 Å². The maximum absolute atomic E-state index is 4.54. The van der Waals surface area contributed by atoms with Crippen molar-refractivity contribution >= 4 is 16.3 Å². The van der Waals surface area contributed by atoms with E-state index in [9.17, 15) is 0 Å². The van der Waals surface area contributed by atoms with Crippen LogP contribution in [0.25, 0.3) is 27.6 Å². The Morgan fingerprint density at radius 2 is 1.71 bits per heavy atom. The normalized spacial score (nSPS) is 15.2. The Bertz CT molecular complexity index is 961. The van der Waals surface area contributed by atoms with Gasteiger partial charge in [0, 0.05) is 24.5 Å². The number of benzene rings is 2. The van der Waals surface area contributed by atoms with Crippen LogP contribution in [-0.4, -0.2) is 0 Å². The second kappa shape index (κ2) is 5.31. The standard InChI is InChI=1S/C23H24N/c1-5-23(6-2)17(4)19-12-11-16(3)15-21(19)22-20-10-8-7-9-18(20)13-14-24(22)23/h7-15H,4-6H2,1-3H3/q+1. The lowest BCUT2D eigenvalue weighted by atomic mass is 9.75. The highest BCUT2D eigenvalue weighted by molar-refractivity contribution is 5.97. The SMILES string of the molecule is C=C1c2ccc(C)cc2-c2c3ccccc3cc[n+]2C1(CC)CC. The van der Waals surface area contributed by atoms with Gasteiger partial charge in [-0.05, 0) is 30.0 Å². The van der Waals surface area contributed by atoms with E-state index in [0.29, 0.717) is 0 Å². The maximum Gasteiger partial charge on any atom is 0.221 e. The minimum absolute atomic E-state index is 0.0401. The van der Waals surface area contributed by atoms with Crippen LogP contribution in [0.15, 0.2) is 61.3 Å². The first kappa shape index (κ1) is 15.1. The Morgan fingerprint density at radius 3 is 2.46 bits per heavy atom. The van der Waals surface area contributed by atoms with Crippen molar-refractivity contribution in [1.82, 2.24) is 0 Å². The van der Waals surface area contributed by atoms with E-state index in [1.54, 1.807) is 0 Å². The average Bonchev–Trinajstić information content (AvgIpc) is 2.62. The molecule has 0 N–H and O–H groups in total. The third kappa shape index (κ3) is 1.84. The fraction of sp³-hybridized carbons (Fsp3) is 0.261. The second-order valence-corrected chi connectivity index (χ2v) is 6.89. The van der Waals surface area contributed by atoms with E-state index in [0.717, 1.165) is 12.8 Å². The molecule has 0 aliphatic carbocycles. The lowest BCUT2D eigenvalue weighted by Crippen LogP contribution is -2.59. The molecule has 0 bridgehead atoms. The summed E-state index contributed by atoms with van der Waals surface area (Å²) in [5, 5.41) is 2.62. The van der Waals surface area contributed by atoms with Crippen molar-refractivity contribution < 1.29 is 4.57 Å². The average molecular weight is 314 g/mol. The molecule has 2 heterocycles. The Labute approximate surface area is 144 Å². The number of aromatic nitrogens is 1. The molecule has 1 heteroatoms. The highest BCUT2D eigenvalue weighted by Crippen LogP contribution is 2.45. The van der Waals surface area contributed by atoms with Gasteiger partial charge in [0.25, 0.3) is 0 Å². The smallest absolute Gasteiger partial charge is 0.188 e. The molecule has 1 nitrogen and oxygen atoms in total. The summed E-state index contributed by atoms with van der Waals surface area (Å²) in [6.45, 7) is 11.3. The van der Waals surface area contributed by atoms with E-state index in [-0.39, 0.29) is 5.54 Å². The molecule has 0 saturated heterocycles. The minimum Gasteiger partial charge on any atom is -0.188 e. The van der Waals surface area contributed by atoms with Gasteiger partial charge in [-0.2, -0.15) is 4.57 Å². The highest BCUT2D eigenvalue weighted by atomic mass is 15.1. The summed E-state index contributed by atoms with van der Waals surface area (Å²) in [5.41, 5.74) is 6.46. The molecule has 120 valence electrons. The lowest BCUT2D eigenvalue weighted by molar-refractivity contribution is -0.740. The van der Waals surface area contributed by atoms with E-state index in [2.05, 4.69) is 86.6 Å². The van der Waals surface area contributed by atoms with Crippen LogP contribution in [0.2, 0.25) is 0 Å². The van der Waals surface area contributed by atoms with Gasteiger partial charge in [-0.25, -0.2) is 0 Å². The zero-order valence-corrected chi connectivity index (χ0v) is 14.8. The molecule has 2 aromatic carbocycles. The number of rotatable bonds is 2. The molecule has 0 radical (unpaired) electrons. The summed E-state index contributed by atoms with van der Waals surface area (Å²) >= 11 is 0. The summed E-state index contributed by atoms with van der Waals surface area (Å²) in [5.74, 6) is 0. The van der Waals surface area contributed by atoms with Crippen molar-refractivity contribution in [2.75, 3.05) is 0 Å². The quantitative estimate of drug-likeness (QED) is 0.539. The first-order valence-corrected chi connectivity index (χ1v) is 8.87. The number of nitrogens with zero attached hydrogens (tertiary/aromatic N) is 1. The van der Waals surface area contributed by atoms with E-state index >= 15 is 0 Å². The van der Waals surface area contributed by atoms with Gasteiger partial charge in [0.1, 0.15) is 0 Å². The molecule has 24 heavy (non-hydrogen) atoms. The van der Waals surface area contributed by atoms with Crippen LogP contribution < -0.4 is 4.57 Å². The predicted molar refractivity (Wildman–Crippen MR) is 102 cm³/mol. The number of hydrogen-bond acceptors (Lipinski definition) is 0. The molecule has 3 aromatic rings. The molecule has 0 saturated carbocycles. The zero-order chi connectivity index (χ0) is 16.9. The molecule has 0 amide bonds. The fourth-order valence-corrected chi connectivity index (χ4v) is 4.38. The van der Waals surface area contributed by atoms with Gasteiger partial charge < -0.3 is 0 Å². The molecule has 1 aliphatic rings.